The topological polar surface area (TPSA) is 94.2 Å². The van der Waals surface area contributed by atoms with Crippen molar-refractivity contribution in [3.8, 4) is 17.2 Å². The Morgan fingerprint density at radius 3 is 2.40 bits per heavy atom. The summed E-state index contributed by atoms with van der Waals surface area (Å²) in [6.45, 7) is 9.23. The average molecular weight is 505 g/mol. The Bertz CT molecular complexity index is 1160. The highest BCUT2D eigenvalue weighted by Gasteiger charge is 2.22. The molecule has 0 fully saturated rings. The number of anilines is 1. The molecule has 1 N–H and O–H groups in total. The number of aryl methyl sites for hydroxylation is 1. The third-order valence-electron chi connectivity index (χ3n) is 6.06. The molecule has 0 spiro atoms. The second-order valence-electron chi connectivity index (χ2n) is 9.16. The van der Waals surface area contributed by atoms with E-state index in [2.05, 4.69) is 25.2 Å². The first kappa shape index (κ1) is 26.7. The third-order valence-corrected chi connectivity index (χ3v) is 7.26. The maximum atomic E-state index is 12.7. The first-order chi connectivity index (χ1) is 16.5. The average Bonchev–Trinajstić information content (AvgIpc) is 2.80. The quantitative estimate of drug-likeness (QED) is 0.518. The van der Waals surface area contributed by atoms with Crippen molar-refractivity contribution in [1.29, 1.82) is 0 Å². The second-order valence-corrected chi connectivity index (χ2v) is 11.1. The van der Waals surface area contributed by atoms with Crippen molar-refractivity contribution >= 4 is 21.6 Å². The Labute approximate surface area is 208 Å². The molecule has 1 aliphatic rings. The molecule has 0 saturated heterocycles. The van der Waals surface area contributed by atoms with Crippen molar-refractivity contribution in [3.63, 3.8) is 0 Å². The zero-order valence-corrected chi connectivity index (χ0v) is 22.2. The molecule has 2 aromatic carbocycles. The first-order valence-corrected chi connectivity index (χ1v) is 13.7. The molecule has 0 aliphatic carbocycles. The number of hydrogen-bond donors (Lipinski definition) is 1. The van der Waals surface area contributed by atoms with Gasteiger partial charge in [0.2, 0.25) is 15.9 Å². The summed E-state index contributed by atoms with van der Waals surface area (Å²) in [4.78, 5) is 12.7. The van der Waals surface area contributed by atoms with Crippen LogP contribution >= 0.6 is 0 Å². The van der Waals surface area contributed by atoms with Gasteiger partial charge < -0.3 is 19.5 Å². The van der Waals surface area contributed by atoms with Gasteiger partial charge in [0.15, 0.2) is 11.5 Å². The molecule has 8 nitrogen and oxygen atoms in total. The molecule has 2 aromatic rings. The molecule has 35 heavy (non-hydrogen) atoms. The lowest BCUT2D eigenvalue weighted by atomic mass is 9.93. The van der Waals surface area contributed by atoms with E-state index in [1.165, 1.54) is 4.31 Å². The van der Waals surface area contributed by atoms with Gasteiger partial charge >= 0.3 is 0 Å². The number of amides is 1. The molecular formula is C26H36N2O6S. The van der Waals surface area contributed by atoms with Crippen molar-refractivity contribution in [3.05, 3.63) is 47.0 Å². The Morgan fingerprint density at radius 2 is 1.77 bits per heavy atom. The van der Waals surface area contributed by atoms with Crippen LogP contribution < -0.4 is 23.8 Å². The van der Waals surface area contributed by atoms with Crippen molar-refractivity contribution < 1.29 is 27.4 Å². The normalized spacial score (nSPS) is 13.9. The lowest BCUT2D eigenvalue weighted by molar-refractivity contribution is -0.121. The highest BCUT2D eigenvalue weighted by Crippen LogP contribution is 2.35. The van der Waals surface area contributed by atoms with E-state index in [9.17, 15) is 13.2 Å². The number of benzene rings is 2. The number of methoxy groups -OCH3 is 1. The molecule has 0 unspecified atom stereocenters. The van der Waals surface area contributed by atoms with E-state index in [1.807, 2.05) is 19.9 Å². The van der Waals surface area contributed by atoms with Crippen LogP contribution in [0.4, 0.5) is 5.69 Å². The van der Waals surface area contributed by atoms with Gasteiger partial charge in [-0.15, -0.1) is 0 Å². The van der Waals surface area contributed by atoms with Gasteiger partial charge in [-0.3, -0.25) is 9.10 Å². The summed E-state index contributed by atoms with van der Waals surface area (Å²) >= 11 is 0. The van der Waals surface area contributed by atoms with Crippen LogP contribution in [0.2, 0.25) is 0 Å². The number of ether oxygens (including phenoxy) is 3. The van der Waals surface area contributed by atoms with Gasteiger partial charge in [-0.25, -0.2) is 8.42 Å². The van der Waals surface area contributed by atoms with E-state index in [4.69, 9.17) is 14.2 Å². The Kier molecular flexibility index (Phi) is 8.53. The smallest absolute Gasteiger partial charge is 0.232 e. The van der Waals surface area contributed by atoms with Crippen LogP contribution in [0.5, 0.6) is 17.2 Å². The van der Waals surface area contributed by atoms with Gasteiger partial charge in [0.05, 0.1) is 25.1 Å². The minimum Gasteiger partial charge on any atom is -0.496 e. The monoisotopic (exact) mass is 504 g/mol. The number of nitrogens with zero attached hydrogens (tertiary/aromatic N) is 1. The van der Waals surface area contributed by atoms with Crippen LogP contribution in [-0.4, -0.2) is 47.4 Å². The summed E-state index contributed by atoms with van der Waals surface area (Å²) in [6.07, 6.45) is 1.73. The second kappa shape index (κ2) is 11.2. The lowest BCUT2D eigenvalue weighted by Crippen LogP contribution is -2.33. The predicted octanol–water partition coefficient (Wildman–Crippen LogP) is 4.32. The number of nitrogens with one attached hydrogen (secondary N) is 1. The molecule has 0 saturated carbocycles. The molecule has 1 aliphatic heterocycles. The minimum atomic E-state index is -3.54. The van der Waals surface area contributed by atoms with E-state index in [0.29, 0.717) is 36.8 Å². The first-order valence-electron chi connectivity index (χ1n) is 11.9. The fourth-order valence-electron chi connectivity index (χ4n) is 4.26. The third kappa shape index (κ3) is 6.60. The number of sulfonamides is 1. The Balaban J connectivity index is 1.64. The summed E-state index contributed by atoms with van der Waals surface area (Å²) in [5.74, 6) is 2.12. The van der Waals surface area contributed by atoms with E-state index in [0.717, 1.165) is 28.7 Å². The summed E-state index contributed by atoms with van der Waals surface area (Å²) in [6, 6.07) is 8.97. The highest BCUT2D eigenvalue weighted by molar-refractivity contribution is 7.92. The van der Waals surface area contributed by atoms with Gasteiger partial charge in [0.1, 0.15) is 19.0 Å². The number of fused-ring (bicyclic) bond motifs is 1. The molecule has 0 aromatic heterocycles. The zero-order chi connectivity index (χ0) is 25.8. The van der Waals surface area contributed by atoms with Crippen molar-refractivity contribution in [2.45, 2.75) is 52.5 Å². The van der Waals surface area contributed by atoms with Crippen molar-refractivity contribution in [1.82, 2.24) is 5.32 Å². The summed E-state index contributed by atoms with van der Waals surface area (Å²) in [5, 5.41) is 3.05. The predicted molar refractivity (Wildman–Crippen MR) is 137 cm³/mol. The molecule has 1 amide bonds. The van der Waals surface area contributed by atoms with Gasteiger partial charge in [0.25, 0.3) is 0 Å². The van der Waals surface area contributed by atoms with Crippen LogP contribution in [0.15, 0.2) is 30.3 Å². The minimum absolute atomic E-state index is 0.130. The molecule has 1 heterocycles. The van der Waals surface area contributed by atoms with Crippen LogP contribution in [0.25, 0.3) is 0 Å². The number of carbonyl (C=O) groups is 1. The Morgan fingerprint density at radius 1 is 1.09 bits per heavy atom. The van der Waals surface area contributed by atoms with E-state index in [-0.39, 0.29) is 30.8 Å². The van der Waals surface area contributed by atoms with Gasteiger partial charge in [0, 0.05) is 19.0 Å². The molecule has 9 heteroatoms. The maximum absolute atomic E-state index is 12.7. The number of carbonyl (C=O) groups excluding carboxylic acids is 1. The summed E-state index contributed by atoms with van der Waals surface area (Å²) in [7, 11) is -1.88. The molecule has 0 bridgehead atoms. The van der Waals surface area contributed by atoms with Crippen LogP contribution in [-0.2, 0) is 14.8 Å². The standard InChI is InChI=1S/C26H36N2O6S/c1-17(2)21-16-22(18(3)14-24(21)32-5)19(4)27-26(29)8-7-11-28(35(6,30)31)20-9-10-23-25(15-20)34-13-12-33-23/h9-10,14-17,19H,7-8,11-13H2,1-6H3,(H,27,29)/t19-/m0/s1. The SMILES string of the molecule is COc1cc(C)c([C@H](C)NC(=O)CCCN(c2ccc3c(c2)OCCO3)S(C)(=O)=O)cc1C(C)C. The van der Waals surface area contributed by atoms with Crippen LogP contribution in [0.1, 0.15) is 62.3 Å². The molecule has 1 atom stereocenters. The highest BCUT2D eigenvalue weighted by atomic mass is 32.2. The van der Waals surface area contributed by atoms with E-state index < -0.39 is 10.0 Å². The summed E-state index contributed by atoms with van der Waals surface area (Å²) < 4.78 is 42.8. The summed E-state index contributed by atoms with van der Waals surface area (Å²) in [5.41, 5.74) is 3.66. The maximum Gasteiger partial charge on any atom is 0.232 e. The molecule has 3 rings (SSSR count). The zero-order valence-electron chi connectivity index (χ0n) is 21.4. The lowest BCUT2D eigenvalue weighted by Gasteiger charge is -2.25. The fourth-order valence-corrected chi connectivity index (χ4v) is 5.22. The van der Waals surface area contributed by atoms with Gasteiger partial charge in [-0.1, -0.05) is 13.8 Å². The largest absolute Gasteiger partial charge is 0.496 e. The number of rotatable bonds is 10. The molecular weight excluding hydrogens is 468 g/mol. The van der Waals surface area contributed by atoms with Crippen LogP contribution in [0, 0.1) is 6.92 Å². The van der Waals surface area contributed by atoms with E-state index in [1.54, 1.807) is 25.3 Å². The molecule has 192 valence electrons. The van der Waals surface area contributed by atoms with Crippen LogP contribution in [0.3, 0.4) is 0 Å². The Hall–Kier alpha value is -2.94. The fraction of sp³-hybridized carbons (Fsp3) is 0.500. The van der Waals surface area contributed by atoms with Crippen molar-refractivity contribution in [2.24, 2.45) is 0 Å². The van der Waals surface area contributed by atoms with Gasteiger partial charge in [-0.2, -0.15) is 0 Å². The van der Waals surface area contributed by atoms with E-state index >= 15 is 0 Å². The van der Waals surface area contributed by atoms with Crippen molar-refractivity contribution in [2.75, 3.05) is 37.4 Å². The van der Waals surface area contributed by atoms with Gasteiger partial charge in [-0.05, 0) is 67.1 Å². The molecule has 0 radical (unpaired) electrons. The number of hydrogen-bond acceptors (Lipinski definition) is 6.